The lowest BCUT2D eigenvalue weighted by molar-refractivity contribution is 0.113. The van der Waals surface area contributed by atoms with Crippen molar-refractivity contribution in [2.24, 2.45) is 5.73 Å². The lowest BCUT2D eigenvalue weighted by Crippen LogP contribution is -2.25. The van der Waals surface area contributed by atoms with Crippen molar-refractivity contribution in [3.05, 3.63) is 23.4 Å². The molecule has 0 atom stereocenters. The van der Waals surface area contributed by atoms with Crippen LogP contribution in [0.25, 0.3) is 0 Å². The van der Waals surface area contributed by atoms with Gasteiger partial charge in [-0.25, -0.2) is 4.98 Å². The predicted octanol–water partition coefficient (Wildman–Crippen LogP) is 2.20. The van der Waals surface area contributed by atoms with Gasteiger partial charge in [-0.15, -0.1) is 12.4 Å². The number of rotatable bonds is 3. The van der Waals surface area contributed by atoms with E-state index in [2.05, 4.69) is 4.98 Å². The first-order valence-electron chi connectivity index (χ1n) is 5.12. The van der Waals surface area contributed by atoms with E-state index in [9.17, 15) is 0 Å². The quantitative estimate of drug-likeness (QED) is 0.863. The van der Waals surface area contributed by atoms with E-state index in [0.717, 1.165) is 17.0 Å². The van der Waals surface area contributed by atoms with E-state index in [0.29, 0.717) is 12.6 Å². The van der Waals surface area contributed by atoms with E-state index in [1.54, 1.807) is 6.20 Å². The molecule has 0 unspecified atom stereocenters. The average Bonchev–Trinajstić information content (AvgIpc) is 2.13. The number of aromatic nitrogens is 1. The number of pyridine rings is 1. The molecule has 1 fully saturated rings. The monoisotopic (exact) mass is 228 g/mol. The number of aryl methyl sites for hydroxylation is 1. The van der Waals surface area contributed by atoms with Gasteiger partial charge in [-0.2, -0.15) is 0 Å². The van der Waals surface area contributed by atoms with E-state index in [4.69, 9.17) is 10.5 Å². The molecule has 4 heteroatoms. The third kappa shape index (κ3) is 2.83. The summed E-state index contributed by atoms with van der Waals surface area (Å²) in [5.74, 6) is 0.770. The largest absolute Gasteiger partial charge is 0.474 e. The van der Waals surface area contributed by atoms with Crippen molar-refractivity contribution in [1.82, 2.24) is 4.98 Å². The Balaban J connectivity index is 0.00000112. The summed E-state index contributed by atoms with van der Waals surface area (Å²) in [5, 5.41) is 0. The minimum Gasteiger partial charge on any atom is -0.474 e. The highest BCUT2D eigenvalue weighted by molar-refractivity contribution is 5.85. The van der Waals surface area contributed by atoms with Gasteiger partial charge >= 0.3 is 0 Å². The van der Waals surface area contributed by atoms with Crippen LogP contribution in [0.2, 0.25) is 0 Å². The molecule has 0 bridgehead atoms. The SMILES string of the molecule is Cc1cc(CN)cnc1OC1CCC1.Cl. The van der Waals surface area contributed by atoms with Gasteiger partial charge in [0.15, 0.2) is 0 Å². The lowest BCUT2D eigenvalue weighted by Gasteiger charge is -2.26. The van der Waals surface area contributed by atoms with Crippen LogP contribution in [-0.4, -0.2) is 11.1 Å². The van der Waals surface area contributed by atoms with Crippen LogP contribution in [0.3, 0.4) is 0 Å². The molecule has 1 saturated carbocycles. The molecule has 1 aliphatic carbocycles. The summed E-state index contributed by atoms with van der Waals surface area (Å²) >= 11 is 0. The van der Waals surface area contributed by atoms with Crippen LogP contribution >= 0.6 is 12.4 Å². The van der Waals surface area contributed by atoms with Crippen molar-refractivity contribution >= 4 is 12.4 Å². The van der Waals surface area contributed by atoms with Crippen LogP contribution in [0.1, 0.15) is 30.4 Å². The van der Waals surface area contributed by atoms with Crippen LogP contribution in [0.5, 0.6) is 5.88 Å². The fraction of sp³-hybridized carbons (Fsp3) is 0.545. The molecular weight excluding hydrogens is 212 g/mol. The number of hydrogen-bond acceptors (Lipinski definition) is 3. The third-order valence-corrected chi connectivity index (χ3v) is 2.65. The Labute approximate surface area is 96.4 Å². The van der Waals surface area contributed by atoms with E-state index < -0.39 is 0 Å². The van der Waals surface area contributed by atoms with E-state index >= 15 is 0 Å². The Bertz CT molecular complexity index is 326. The van der Waals surface area contributed by atoms with Crippen LogP contribution in [0.15, 0.2) is 12.3 Å². The zero-order valence-corrected chi connectivity index (χ0v) is 9.72. The van der Waals surface area contributed by atoms with E-state index in [-0.39, 0.29) is 12.4 Å². The maximum Gasteiger partial charge on any atom is 0.216 e. The molecule has 3 nitrogen and oxygen atoms in total. The highest BCUT2D eigenvalue weighted by Gasteiger charge is 2.20. The minimum absolute atomic E-state index is 0. The summed E-state index contributed by atoms with van der Waals surface area (Å²) in [6, 6.07) is 2.04. The molecule has 1 aromatic heterocycles. The molecule has 1 aliphatic rings. The van der Waals surface area contributed by atoms with Gasteiger partial charge in [0.2, 0.25) is 5.88 Å². The minimum atomic E-state index is 0. The Morgan fingerprint density at radius 1 is 1.53 bits per heavy atom. The second kappa shape index (κ2) is 5.33. The summed E-state index contributed by atoms with van der Waals surface area (Å²) in [4.78, 5) is 4.27. The predicted molar refractivity (Wildman–Crippen MR) is 62.4 cm³/mol. The second-order valence-electron chi connectivity index (χ2n) is 3.84. The molecule has 84 valence electrons. The van der Waals surface area contributed by atoms with Gasteiger partial charge in [0.05, 0.1) is 0 Å². The highest BCUT2D eigenvalue weighted by Crippen LogP contribution is 2.25. The molecule has 1 heterocycles. The van der Waals surface area contributed by atoms with Crippen molar-refractivity contribution in [3.8, 4) is 5.88 Å². The molecule has 0 aliphatic heterocycles. The fourth-order valence-corrected chi connectivity index (χ4v) is 1.50. The maximum absolute atomic E-state index is 5.73. The first-order valence-corrected chi connectivity index (χ1v) is 5.12. The Morgan fingerprint density at radius 3 is 2.73 bits per heavy atom. The van der Waals surface area contributed by atoms with Crippen LogP contribution in [0, 0.1) is 6.92 Å². The number of nitrogens with zero attached hydrogens (tertiary/aromatic N) is 1. The molecule has 0 aromatic carbocycles. The first-order chi connectivity index (χ1) is 6.79. The number of hydrogen-bond donors (Lipinski definition) is 1. The average molecular weight is 229 g/mol. The topological polar surface area (TPSA) is 48.1 Å². The van der Waals surface area contributed by atoms with Gasteiger partial charge in [-0.3, -0.25) is 0 Å². The zero-order valence-electron chi connectivity index (χ0n) is 8.90. The molecule has 1 aromatic rings. The maximum atomic E-state index is 5.73. The summed E-state index contributed by atoms with van der Waals surface area (Å²) in [6.07, 6.45) is 5.80. The molecule has 15 heavy (non-hydrogen) atoms. The van der Waals surface area contributed by atoms with Gasteiger partial charge in [-0.1, -0.05) is 0 Å². The highest BCUT2D eigenvalue weighted by atomic mass is 35.5. The summed E-state index contributed by atoms with van der Waals surface area (Å²) in [6.45, 7) is 2.55. The van der Waals surface area contributed by atoms with Crippen molar-refractivity contribution in [2.75, 3.05) is 0 Å². The van der Waals surface area contributed by atoms with Crippen LogP contribution in [0.4, 0.5) is 0 Å². The molecule has 0 saturated heterocycles. The van der Waals surface area contributed by atoms with E-state index in [1.807, 2.05) is 13.0 Å². The molecular formula is C11H17ClN2O. The number of nitrogens with two attached hydrogens (primary N) is 1. The molecule has 0 amide bonds. The van der Waals surface area contributed by atoms with Gasteiger partial charge in [-0.05, 0) is 37.8 Å². The van der Waals surface area contributed by atoms with Gasteiger partial charge in [0, 0.05) is 18.3 Å². The molecule has 0 spiro atoms. The summed E-state index contributed by atoms with van der Waals surface area (Å²) in [7, 11) is 0. The summed E-state index contributed by atoms with van der Waals surface area (Å²) < 4.78 is 5.73. The number of ether oxygens (including phenoxy) is 1. The Kier molecular flexibility index (Phi) is 4.36. The third-order valence-electron chi connectivity index (χ3n) is 2.65. The van der Waals surface area contributed by atoms with Gasteiger partial charge in [0.25, 0.3) is 0 Å². The van der Waals surface area contributed by atoms with Crippen LogP contribution < -0.4 is 10.5 Å². The summed E-state index contributed by atoms with van der Waals surface area (Å²) in [5.41, 5.74) is 7.67. The van der Waals surface area contributed by atoms with Gasteiger partial charge < -0.3 is 10.5 Å². The standard InChI is InChI=1S/C11H16N2O.ClH/c1-8-5-9(6-12)7-13-11(8)14-10-3-2-4-10;/h5,7,10H,2-4,6,12H2,1H3;1H. The zero-order chi connectivity index (χ0) is 9.97. The first kappa shape index (κ1) is 12.3. The van der Waals surface area contributed by atoms with E-state index in [1.165, 1.54) is 19.3 Å². The van der Waals surface area contributed by atoms with Crippen molar-refractivity contribution < 1.29 is 4.74 Å². The fourth-order valence-electron chi connectivity index (χ4n) is 1.50. The second-order valence-corrected chi connectivity index (χ2v) is 3.84. The van der Waals surface area contributed by atoms with Crippen molar-refractivity contribution in [2.45, 2.75) is 38.8 Å². The van der Waals surface area contributed by atoms with Crippen LogP contribution in [-0.2, 0) is 6.54 Å². The Morgan fingerprint density at radius 2 is 2.27 bits per heavy atom. The Hall–Kier alpha value is -0.800. The number of halogens is 1. The smallest absolute Gasteiger partial charge is 0.216 e. The lowest BCUT2D eigenvalue weighted by atomic mass is 9.96. The normalized spacial score (nSPS) is 15.3. The van der Waals surface area contributed by atoms with Gasteiger partial charge in [0.1, 0.15) is 6.10 Å². The van der Waals surface area contributed by atoms with Crippen molar-refractivity contribution in [1.29, 1.82) is 0 Å². The molecule has 2 N–H and O–H groups in total. The van der Waals surface area contributed by atoms with Crippen molar-refractivity contribution in [3.63, 3.8) is 0 Å². The molecule has 0 radical (unpaired) electrons. The molecule has 2 rings (SSSR count).